The molecule has 0 atom stereocenters. The lowest BCUT2D eigenvalue weighted by molar-refractivity contribution is -0.141. The number of ether oxygens (including phenoxy) is 1. The Balaban J connectivity index is 1.38. The number of fused-ring (bicyclic) bond motifs is 5. The van der Waals surface area contributed by atoms with Gasteiger partial charge in [-0.3, -0.25) is 0 Å². The molecule has 0 N–H and O–H groups in total. The van der Waals surface area contributed by atoms with E-state index in [0.29, 0.717) is 43.8 Å². The van der Waals surface area contributed by atoms with Gasteiger partial charge in [-0.15, -0.1) is 16.4 Å². The summed E-state index contributed by atoms with van der Waals surface area (Å²) in [6, 6.07) is 11.2. The predicted molar refractivity (Wildman–Crippen MR) is 127 cm³/mol. The van der Waals surface area contributed by atoms with Crippen LogP contribution in [0.15, 0.2) is 54.9 Å². The van der Waals surface area contributed by atoms with Gasteiger partial charge in [0, 0.05) is 17.0 Å². The maximum Gasteiger partial charge on any atom is 0.433 e. The molecule has 0 amide bonds. The first kappa shape index (κ1) is 23.2. The number of benzene rings is 2. The van der Waals surface area contributed by atoms with Crippen LogP contribution in [0, 0.1) is 18.6 Å². The Kier molecular flexibility index (Phi) is 5.30. The maximum atomic E-state index is 13.9. The molecule has 37 heavy (non-hydrogen) atoms. The fourth-order valence-corrected chi connectivity index (χ4v) is 5.21. The van der Waals surface area contributed by atoms with E-state index in [1.807, 2.05) is 0 Å². The van der Waals surface area contributed by atoms with Gasteiger partial charge in [-0.1, -0.05) is 18.2 Å². The minimum Gasteiger partial charge on any atom is -0.486 e. The van der Waals surface area contributed by atoms with Crippen LogP contribution < -0.4 is 4.74 Å². The molecule has 0 saturated heterocycles. The van der Waals surface area contributed by atoms with Gasteiger partial charge in [0.1, 0.15) is 34.0 Å². The third-order valence-corrected chi connectivity index (χ3v) is 6.80. The van der Waals surface area contributed by atoms with Crippen LogP contribution in [-0.2, 0) is 12.8 Å². The molecule has 186 valence electrons. The number of hydrogen-bond acceptors (Lipinski definition) is 6. The van der Waals surface area contributed by atoms with Crippen LogP contribution in [0.25, 0.3) is 37.5 Å². The van der Waals surface area contributed by atoms with Crippen molar-refractivity contribution in [1.82, 2.24) is 24.6 Å². The van der Waals surface area contributed by atoms with E-state index in [1.165, 1.54) is 16.9 Å². The largest absolute Gasteiger partial charge is 0.486 e. The van der Waals surface area contributed by atoms with E-state index in [4.69, 9.17) is 4.74 Å². The predicted octanol–water partition coefficient (Wildman–Crippen LogP) is 6.74. The van der Waals surface area contributed by atoms with Gasteiger partial charge in [-0.05, 0) is 42.3 Å². The highest BCUT2D eigenvalue weighted by molar-refractivity contribution is 7.26. The van der Waals surface area contributed by atoms with Gasteiger partial charge in [-0.2, -0.15) is 13.2 Å². The van der Waals surface area contributed by atoms with Gasteiger partial charge >= 0.3 is 6.18 Å². The fraction of sp³-hybridized carbons (Fsp3) is 0.120. The van der Waals surface area contributed by atoms with Gasteiger partial charge in [-0.25, -0.2) is 28.2 Å². The summed E-state index contributed by atoms with van der Waals surface area (Å²) in [5.41, 5.74) is 1.75. The number of nitrogens with zero attached hydrogens (tertiary/aromatic N) is 5. The van der Waals surface area contributed by atoms with E-state index in [9.17, 15) is 22.0 Å². The molecule has 12 heteroatoms. The van der Waals surface area contributed by atoms with Gasteiger partial charge in [0.25, 0.3) is 0 Å². The minimum atomic E-state index is -4.56. The number of aromatic nitrogens is 5. The normalized spacial score (nSPS) is 12.2. The fourth-order valence-electron chi connectivity index (χ4n) is 4.03. The Bertz CT molecular complexity index is 1830. The second-order valence-electron chi connectivity index (χ2n) is 8.29. The summed E-state index contributed by atoms with van der Waals surface area (Å²) in [6.07, 6.45) is -3.10. The number of halogens is 5. The second-order valence-corrected chi connectivity index (χ2v) is 9.29. The second kappa shape index (κ2) is 8.44. The van der Waals surface area contributed by atoms with E-state index in [2.05, 4.69) is 20.1 Å². The molecule has 0 spiro atoms. The molecule has 4 aromatic heterocycles. The zero-order chi connectivity index (χ0) is 25.9. The molecule has 4 heterocycles. The summed E-state index contributed by atoms with van der Waals surface area (Å²) in [5.74, 6) is -1.21. The molecule has 0 unspecified atom stereocenters. The van der Waals surface area contributed by atoms with Crippen molar-refractivity contribution in [2.75, 3.05) is 0 Å². The summed E-state index contributed by atoms with van der Waals surface area (Å²) in [4.78, 5) is 13.1. The standard InChI is InChI=1S/C25H14F5N5OS/c1-12-7-18(25(28,29)30)32-24-19(12)20-21(37-24)23-33-22(34-35(23)11-31-20)14-4-2-3-13(8-14)10-36-17-6-5-15(26)9-16(17)27/h2-9,11H,10H2,1H3. The van der Waals surface area contributed by atoms with Gasteiger partial charge < -0.3 is 4.74 Å². The zero-order valence-electron chi connectivity index (χ0n) is 18.8. The summed E-state index contributed by atoms with van der Waals surface area (Å²) >= 11 is 1.08. The summed E-state index contributed by atoms with van der Waals surface area (Å²) in [7, 11) is 0. The summed E-state index contributed by atoms with van der Waals surface area (Å²) in [5, 5.41) is 5.02. The molecule has 0 aliphatic rings. The molecule has 6 nitrogen and oxygen atoms in total. The van der Waals surface area contributed by atoms with Gasteiger partial charge in [0.05, 0.1) is 5.52 Å². The molecule has 0 saturated carbocycles. The molecule has 0 bridgehead atoms. The first-order valence-corrected chi connectivity index (χ1v) is 11.7. The van der Waals surface area contributed by atoms with Crippen molar-refractivity contribution in [3.63, 3.8) is 0 Å². The van der Waals surface area contributed by atoms with E-state index in [0.717, 1.165) is 29.5 Å². The lowest BCUT2D eigenvalue weighted by Crippen LogP contribution is -2.07. The number of aryl methyl sites for hydroxylation is 1. The first-order chi connectivity index (χ1) is 17.7. The number of rotatable bonds is 4. The van der Waals surface area contributed by atoms with Crippen molar-refractivity contribution < 1.29 is 26.7 Å². The number of thiophene rings is 1. The molecular formula is C25H14F5N5OS. The van der Waals surface area contributed by atoms with Crippen LogP contribution in [0.5, 0.6) is 5.75 Å². The molecule has 0 aliphatic heterocycles. The lowest BCUT2D eigenvalue weighted by Gasteiger charge is -2.08. The highest BCUT2D eigenvalue weighted by Crippen LogP contribution is 2.38. The van der Waals surface area contributed by atoms with Gasteiger partial charge in [0.15, 0.2) is 23.0 Å². The maximum absolute atomic E-state index is 13.9. The summed E-state index contributed by atoms with van der Waals surface area (Å²) in [6.45, 7) is 1.62. The van der Waals surface area contributed by atoms with Crippen LogP contribution in [0.4, 0.5) is 22.0 Å². The quantitative estimate of drug-likeness (QED) is 0.238. The topological polar surface area (TPSA) is 65.2 Å². The Labute approximate surface area is 209 Å². The molecule has 0 aliphatic carbocycles. The Morgan fingerprint density at radius 2 is 1.86 bits per heavy atom. The van der Waals surface area contributed by atoms with E-state index >= 15 is 0 Å². The van der Waals surface area contributed by atoms with Crippen LogP contribution in [-0.4, -0.2) is 24.6 Å². The van der Waals surface area contributed by atoms with Crippen LogP contribution >= 0.6 is 11.3 Å². The molecule has 2 aromatic carbocycles. The SMILES string of the molecule is Cc1cc(C(F)(F)F)nc2sc3c(ncn4nc(-c5cccc(COc6ccc(F)cc6F)c5)nc34)c12. The van der Waals surface area contributed by atoms with E-state index in [1.54, 1.807) is 31.2 Å². The number of hydrogen-bond donors (Lipinski definition) is 0. The third-order valence-electron chi connectivity index (χ3n) is 5.73. The van der Waals surface area contributed by atoms with E-state index in [-0.39, 0.29) is 17.2 Å². The van der Waals surface area contributed by atoms with E-state index < -0.39 is 23.5 Å². The Morgan fingerprint density at radius 3 is 2.65 bits per heavy atom. The van der Waals surface area contributed by atoms with Crippen LogP contribution in [0.1, 0.15) is 16.8 Å². The van der Waals surface area contributed by atoms with Crippen molar-refractivity contribution in [1.29, 1.82) is 0 Å². The monoisotopic (exact) mass is 527 g/mol. The highest BCUT2D eigenvalue weighted by Gasteiger charge is 2.33. The summed E-state index contributed by atoms with van der Waals surface area (Å²) < 4.78 is 74.3. The van der Waals surface area contributed by atoms with Crippen molar-refractivity contribution in [2.24, 2.45) is 0 Å². The van der Waals surface area contributed by atoms with Crippen molar-refractivity contribution >= 4 is 37.4 Å². The molecular weight excluding hydrogens is 513 g/mol. The van der Waals surface area contributed by atoms with Crippen LogP contribution in [0.2, 0.25) is 0 Å². The van der Waals surface area contributed by atoms with Crippen molar-refractivity contribution in [2.45, 2.75) is 19.7 Å². The number of pyridine rings is 1. The first-order valence-electron chi connectivity index (χ1n) is 10.9. The Hall–Kier alpha value is -4.19. The highest BCUT2D eigenvalue weighted by atomic mass is 32.1. The number of alkyl halides is 3. The molecule has 0 fully saturated rings. The average Bonchev–Trinajstić information content (AvgIpc) is 3.45. The average molecular weight is 527 g/mol. The lowest BCUT2D eigenvalue weighted by atomic mass is 10.1. The zero-order valence-corrected chi connectivity index (χ0v) is 19.7. The van der Waals surface area contributed by atoms with Crippen molar-refractivity contribution in [3.05, 3.63) is 83.3 Å². The molecule has 6 rings (SSSR count). The minimum absolute atomic E-state index is 0.0262. The Morgan fingerprint density at radius 1 is 1.03 bits per heavy atom. The van der Waals surface area contributed by atoms with Crippen LogP contribution in [0.3, 0.4) is 0 Å². The molecule has 6 aromatic rings. The van der Waals surface area contributed by atoms with Gasteiger partial charge in [0.2, 0.25) is 0 Å². The third kappa shape index (κ3) is 4.12. The van der Waals surface area contributed by atoms with Crippen molar-refractivity contribution in [3.8, 4) is 17.1 Å². The molecule has 0 radical (unpaired) electrons. The smallest absolute Gasteiger partial charge is 0.433 e.